The van der Waals surface area contributed by atoms with Crippen LogP contribution in [0, 0.1) is 5.41 Å². The lowest BCUT2D eigenvalue weighted by atomic mass is 9.66. The van der Waals surface area contributed by atoms with E-state index in [1.807, 2.05) is 12.1 Å². The number of carbonyl (C=O) groups excluding carboxylic acids is 1. The van der Waals surface area contributed by atoms with Gasteiger partial charge in [0.25, 0.3) is 0 Å². The van der Waals surface area contributed by atoms with Crippen LogP contribution < -0.4 is 11.1 Å². The van der Waals surface area contributed by atoms with Crippen molar-refractivity contribution >= 4 is 38.7 Å². The molecule has 150 valence electrons. The van der Waals surface area contributed by atoms with E-state index in [1.165, 1.54) is 13.4 Å². The summed E-state index contributed by atoms with van der Waals surface area (Å²) in [6.07, 6.45) is 5.85. The standard InChI is InChI=1S/C19H28N2O4S2/c1-25-17(22)16(13-14-5-7-15(20)8-6-14)21-18(26)19(9-3-10-19)11-4-12-27(2,23)24/h5-8,16H,3-4,9-13,20H2,1-2H3,(H,21,26). The zero-order valence-electron chi connectivity index (χ0n) is 15.9. The first-order valence-electron chi connectivity index (χ1n) is 9.06. The van der Waals surface area contributed by atoms with E-state index >= 15 is 0 Å². The van der Waals surface area contributed by atoms with Gasteiger partial charge in [0.05, 0.1) is 12.1 Å². The fraction of sp³-hybridized carbons (Fsp3) is 0.579. The van der Waals surface area contributed by atoms with E-state index in [0.29, 0.717) is 29.9 Å². The average molecular weight is 413 g/mol. The highest BCUT2D eigenvalue weighted by atomic mass is 32.2. The van der Waals surface area contributed by atoms with Gasteiger partial charge in [0.1, 0.15) is 15.9 Å². The first-order chi connectivity index (χ1) is 12.6. The smallest absolute Gasteiger partial charge is 0.328 e. The third kappa shape index (κ3) is 6.17. The molecule has 1 aliphatic carbocycles. The fourth-order valence-electron chi connectivity index (χ4n) is 3.40. The van der Waals surface area contributed by atoms with Crippen molar-refractivity contribution in [2.24, 2.45) is 5.41 Å². The maximum atomic E-state index is 12.2. The Hall–Kier alpha value is -1.67. The van der Waals surface area contributed by atoms with Crippen LogP contribution in [0.2, 0.25) is 0 Å². The third-order valence-corrected chi connectivity index (χ3v) is 6.75. The van der Waals surface area contributed by atoms with E-state index in [-0.39, 0.29) is 17.1 Å². The number of methoxy groups -OCH3 is 1. The van der Waals surface area contributed by atoms with Crippen molar-refractivity contribution in [3.63, 3.8) is 0 Å². The molecule has 6 nitrogen and oxygen atoms in total. The lowest BCUT2D eigenvalue weighted by Crippen LogP contribution is -2.51. The van der Waals surface area contributed by atoms with Crippen molar-refractivity contribution in [3.8, 4) is 0 Å². The SMILES string of the molecule is COC(=O)C(Cc1ccc(N)cc1)NC(=S)C1(CCCS(C)(=O)=O)CCC1. The van der Waals surface area contributed by atoms with Crippen molar-refractivity contribution in [3.05, 3.63) is 29.8 Å². The van der Waals surface area contributed by atoms with Gasteiger partial charge in [0, 0.05) is 29.5 Å². The van der Waals surface area contributed by atoms with Gasteiger partial charge in [-0.15, -0.1) is 0 Å². The number of nitrogen functional groups attached to an aromatic ring is 1. The molecule has 0 amide bonds. The number of esters is 1. The summed E-state index contributed by atoms with van der Waals surface area (Å²) in [4.78, 5) is 12.9. The van der Waals surface area contributed by atoms with E-state index < -0.39 is 15.9 Å². The van der Waals surface area contributed by atoms with Gasteiger partial charge in [0.15, 0.2) is 0 Å². The van der Waals surface area contributed by atoms with Crippen molar-refractivity contribution < 1.29 is 17.9 Å². The van der Waals surface area contributed by atoms with Crippen LogP contribution in [-0.4, -0.2) is 44.5 Å². The predicted molar refractivity (Wildman–Crippen MR) is 111 cm³/mol. The number of carbonyl (C=O) groups is 1. The maximum Gasteiger partial charge on any atom is 0.328 e. The highest BCUT2D eigenvalue weighted by molar-refractivity contribution is 7.90. The molecule has 1 fully saturated rings. The van der Waals surface area contributed by atoms with Crippen LogP contribution in [0.25, 0.3) is 0 Å². The summed E-state index contributed by atoms with van der Waals surface area (Å²) < 4.78 is 27.7. The normalized spacial score (nSPS) is 16.8. The van der Waals surface area contributed by atoms with E-state index in [9.17, 15) is 13.2 Å². The minimum absolute atomic E-state index is 0.156. The van der Waals surface area contributed by atoms with Gasteiger partial charge in [-0.1, -0.05) is 30.8 Å². The molecule has 2 rings (SSSR count). The molecular formula is C19H28N2O4S2. The van der Waals surface area contributed by atoms with Crippen molar-refractivity contribution in [1.82, 2.24) is 5.32 Å². The molecule has 0 spiro atoms. The summed E-state index contributed by atoms with van der Waals surface area (Å²) in [7, 11) is -1.63. The van der Waals surface area contributed by atoms with Gasteiger partial charge in [-0.3, -0.25) is 0 Å². The Labute approximate surface area is 166 Å². The van der Waals surface area contributed by atoms with Gasteiger partial charge in [-0.25, -0.2) is 13.2 Å². The quantitative estimate of drug-likeness (QED) is 0.365. The number of thiocarbonyl (C=S) groups is 1. The molecule has 0 aliphatic heterocycles. The molecule has 1 unspecified atom stereocenters. The van der Waals surface area contributed by atoms with Crippen LogP contribution in [0.4, 0.5) is 5.69 Å². The van der Waals surface area contributed by atoms with Gasteiger partial charge < -0.3 is 15.8 Å². The Morgan fingerprint density at radius 2 is 1.96 bits per heavy atom. The number of rotatable bonds is 9. The average Bonchev–Trinajstić information content (AvgIpc) is 2.56. The summed E-state index contributed by atoms with van der Waals surface area (Å²) in [5.41, 5.74) is 7.11. The number of hydrogen-bond donors (Lipinski definition) is 2. The van der Waals surface area contributed by atoms with Gasteiger partial charge >= 0.3 is 5.97 Å². The molecule has 1 saturated carbocycles. The summed E-state index contributed by atoms with van der Waals surface area (Å²) in [5, 5.41) is 3.20. The molecule has 1 aliphatic rings. The number of benzene rings is 1. The molecule has 0 heterocycles. The lowest BCUT2D eigenvalue weighted by Gasteiger charge is -2.43. The topological polar surface area (TPSA) is 98.5 Å². The maximum absolute atomic E-state index is 12.2. The second kappa shape index (κ2) is 9.01. The molecule has 0 saturated heterocycles. The molecule has 0 aromatic heterocycles. The molecular weight excluding hydrogens is 384 g/mol. The Bertz CT molecular complexity index is 771. The van der Waals surface area contributed by atoms with E-state index in [0.717, 1.165) is 24.8 Å². The second-order valence-electron chi connectivity index (χ2n) is 7.36. The van der Waals surface area contributed by atoms with Crippen LogP contribution >= 0.6 is 12.2 Å². The molecule has 3 N–H and O–H groups in total. The largest absolute Gasteiger partial charge is 0.467 e. The minimum Gasteiger partial charge on any atom is -0.467 e. The fourth-order valence-corrected chi connectivity index (χ4v) is 4.52. The van der Waals surface area contributed by atoms with Crippen molar-refractivity contribution in [2.45, 2.75) is 44.6 Å². The Morgan fingerprint density at radius 3 is 2.44 bits per heavy atom. The molecule has 8 heteroatoms. The van der Waals surface area contributed by atoms with E-state index in [1.54, 1.807) is 12.1 Å². The van der Waals surface area contributed by atoms with E-state index in [2.05, 4.69) is 5.32 Å². The number of sulfone groups is 1. The molecule has 1 aromatic rings. The van der Waals surface area contributed by atoms with Gasteiger partial charge in [-0.2, -0.15) is 0 Å². The predicted octanol–water partition coefficient (Wildman–Crippen LogP) is 2.27. The number of nitrogens with one attached hydrogen (secondary N) is 1. The monoisotopic (exact) mass is 412 g/mol. The highest BCUT2D eigenvalue weighted by Gasteiger charge is 2.41. The van der Waals surface area contributed by atoms with E-state index in [4.69, 9.17) is 22.7 Å². The van der Waals surface area contributed by atoms with Crippen LogP contribution in [0.15, 0.2) is 24.3 Å². The summed E-state index contributed by atoms with van der Waals surface area (Å²) >= 11 is 5.64. The summed E-state index contributed by atoms with van der Waals surface area (Å²) in [6.45, 7) is 0. The Morgan fingerprint density at radius 1 is 1.33 bits per heavy atom. The second-order valence-corrected chi connectivity index (χ2v) is 10.0. The lowest BCUT2D eigenvalue weighted by molar-refractivity contribution is -0.142. The van der Waals surface area contributed by atoms with Crippen LogP contribution in [-0.2, 0) is 25.8 Å². The first-order valence-corrected chi connectivity index (χ1v) is 11.5. The number of hydrogen-bond acceptors (Lipinski definition) is 6. The zero-order valence-corrected chi connectivity index (χ0v) is 17.5. The van der Waals surface area contributed by atoms with Crippen molar-refractivity contribution in [1.29, 1.82) is 0 Å². The Balaban J connectivity index is 2.04. The summed E-state index contributed by atoms with van der Waals surface area (Å²) in [5.74, 6) is -0.219. The molecule has 0 bridgehead atoms. The molecule has 1 atom stereocenters. The molecule has 1 aromatic carbocycles. The number of anilines is 1. The Kier molecular flexibility index (Phi) is 7.22. The van der Waals surface area contributed by atoms with Crippen molar-refractivity contribution in [2.75, 3.05) is 24.9 Å². The van der Waals surface area contributed by atoms with Crippen LogP contribution in [0.1, 0.15) is 37.7 Å². The van der Waals surface area contributed by atoms with Gasteiger partial charge in [0.2, 0.25) is 0 Å². The molecule has 27 heavy (non-hydrogen) atoms. The summed E-state index contributed by atoms with van der Waals surface area (Å²) in [6, 6.07) is 6.75. The zero-order chi connectivity index (χ0) is 20.1. The third-order valence-electron chi connectivity index (χ3n) is 5.17. The highest BCUT2D eigenvalue weighted by Crippen LogP contribution is 2.45. The van der Waals surface area contributed by atoms with Crippen LogP contribution in [0.5, 0.6) is 0 Å². The van der Waals surface area contributed by atoms with Crippen LogP contribution in [0.3, 0.4) is 0 Å². The number of nitrogens with two attached hydrogens (primary N) is 1. The molecule has 0 radical (unpaired) electrons. The first kappa shape index (κ1) is 21.6. The minimum atomic E-state index is -2.99. The van der Waals surface area contributed by atoms with Gasteiger partial charge in [-0.05, 0) is 43.4 Å². The number of ether oxygens (including phenoxy) is 1.